The quantitative estimate of drug-likeness (QED) is 0.0481. The van der Waals surface area contributed by atoms with E-state index in [9.17, 15) is 14.7 Å². The fraction of sp³-hybridized carbons (Fsp3) is 0.965. The van der Waals surface area contributed by atoms with Crippen molar-refractivity contribution >= 4 is 11.9 Å². The molecule has 1 aliphatic heterocycles. The van der Waals surface area contributed by atoms with Gasteiger partial charge >= 0.3 is 11.9 Å². The van der Waals surface area contributed by atoms with Crippen molar-refractivity contribution < 1.29 is 24.2 Å². The number of esters is 2. The maximum Gasteiger partial charge on any atom is 0.308 e. The van der Waals surface area contributed by atoms with Crippen molar-refractivity contribution in [1.29, 1.82) is 0 Å². The summed E-state index contributed by atoms with van der Waals surface area (Å²) in [6, 6.07) is 0.684. The third-order valence-corrected chi connectivity index (χ3v) is 14.4. The molecule has 1 N–H and O–H groups in total. The molecule has 1 saturated heterocycles. The summed E-state index contributed by atoms with van der Waals surface area (Å²) in [5.41, 5.74) is 0. The number of unbranched alkanes of at least 4 members (excludes halogenated alkanes) is 28. The average molecular weight is 906 g/mol. The first-order valence-electron chi connectivity index (χ1n) is 28.9. The molecule has 380 valence electrons. The van der Waals surface area contributed by atoms with Crippen LogP contribution in [0.25, 0.3) is 0 Å². The summed E-state index contributed by atoms with van der Waals surface area (Å²) >= 11 is 0. The van der Waals surface area contributed by atoms with Gasteiger partial charge in [-0.15, -0.1) is 0 Å². The number of hydrogen-bond acceptors (Lipinski definition) is 7. The molecule has 0 amide bonds. The van der Waals surface area contributed by atoms with Crippen LogP contribution >= 0.6 is 0 Å². The average Bonchev–Trinajstić information content (AvgIpc) is 3.30. The molecule has 0 spiro atoms. The molecule has 0 bridgehead atoms. The monoisotopic (exact) mass is 905 g/mol. The Labute approximate surface area is 399 Å². The number of rotatable bonds is 49. The van der Waals surface area contributed by atoms with Crippen molar-refractivity contribution in [3.8, 4) is 0 Å². The number of carbonyl (C=O) groups excluding carboxylic acids is 2. The lowest BCUT2D eigenvalue weighted by Gasteiger charge is -2.38. The minimum Gasteiger partial charge on any atom is -0.465 e. The molecule has 0 aromatic carbocycles. The summed E-state index contributed by atoms with van der Waals surface area (Å²) in [4.78, 5) is 31.3. The third-order valence-electron chi connectivity index (χ3n) is 14.4. The lowest BCUT2D eigenvalue weighted by atomic mass is 9.94. The number of aliphatic hydroxyl groups is 1. The van der Waals surface area contributed by atoms with Crippen LogP contribution in [0, 0.1) is 11.8 Å². The van der Waals surface area contributed by atoms with Crippen LogP contribution in [0.15, 0.2) is 0 Å². The molecule has 1 aliphatic rings. The fourth-order valence-electron chi connectivity index (χ4n) is 10.0. The highest BCUT2D eigenvalue weighted by Gasteiger charge is 2.24. The van der Waals surface area contributed by atoms with E-state index in [2.05, 4.69) is 37.5 Å². The van der Waals surface area contributed by atoms with Gasteiger partial charge in [0.25, 0.3) is 0 Å². The highest BCUT2D eigenvalue weighted by Crippen LogP contribution is 2.24. The van der Waals surface area contributed by atoms with Crippen molar-refractivity contribution in [2.24, 2.45) is 11.8 Å². The third kappa shape index (κ3) is 35.9. The Kier molecular flexibility index (Phi) is 44.6. The zero-order valence-corrected chi connectivity index (χ0v) is 43.6. The molecule has 0 saturated carbocycles. The van der Waals surface area contributed by atoms with Crippen LogP contribution in [0.5, 0.6) is 0 Å². The van der Waals surface area contributed by atoms with Gasteiger partial charge in [0, 0.05) is 12.6 Å². The van der Waals surface area contributed by atoms with E-state index in [1.54, 1.807) is 0 Å². The summed E-state index contributed by atoms with van der Waals surface area (Å²) in [6.07, 6.45) is 48.8. The van der Waals surface area contributed by atoms with E-state index in [-0.39, 0.29) is 30.4 Å². The first kappa shape index (κ1) is 60.8. The fourth-order valence-corrected chi connectivity index (χ4v) is 10.0. The summed E-state index contributed by atoms with van der Waals surface area (Å²) in [5, 5.41) is 9.46. The second-order valence-corrected chi connectivity index (χ2v) is 20.3. The Morgan fingerprint density at radius 3 is 1.09 bits per heavy atom. The van der Waals surface area contributed by atoms with E-state index in [0.29, 0.717) is 19.3 Å². The van der Waals surface area contributed by atoms with Crippen LogP contribution < -0.4 is 0 Å². The minimum absolute atomic E-state index is 0.0788. The van der Waals surface area contributed by atoms with Crippen molar-refractivity contribution in [1.82, 2.24) is 9.80 Å². The Bertz CT molecular complexity index is 923. The number of ether oxygens (including phenoxy) is 2. The van der Waals surface area contributed by atoms with Crippen molar-refractivity contribution in [3.05, 3.63) is 0 Å². The van der Waals surface area contributed by atoms with Gasteiger partial charge in [0.2, 0.25) is 0 Å². The van der Waals surface area contributed by atoms with Gasteiger partial charge in [0.15, 0.2) is 0 Å². The Morgan fingerprint density at radius 2 is 0.750 bits per heavy atom. The predicted molar refractivity (Wildman–Crippen MR) is 275 cm³/mol. The normalized spacial score (nSPS) is 14.7. The van der Waals surface area contributed by atoms with Gasteiger partial charge < -0.3 is 24.4 Å². The number of aliphatic hydroxyl groups excluding tert-OH is 1. The van der Waals surface area contributed by atoms with Crippen LogP contribution in [-0.2, 0) is 19.1 Å². The Balaban J connectivity index is 2.30. The number of piperidine rings is 1. The molecule has 7 nitrogen and oxygen atoms in total. The van der Waals surface area contributed by atoms with Crippen LogP contribution in [-0.4, -0.2) is 85.4 Å². The van der Waals surface area contributed by atoms with Crippen LogP contribution in [0.2, 0.25) is 0 Å². The second-order valence-electron chi connectivity index (χ2n) is 20.3. The SMILES string of the molecule is CCCCCCCCC(CCCCCC)C(=O)OCCCCCCCCCN(CCCCCCCCCOC(=O)C(CCCCCC)CCCCCCCC)C1CCN(CCO)CC1. The van der Waals surface area contributed by atoms with E-state index >= 15 is 0 Å². The molecule has 0 aliphatic carbocycles. The zero-order chi connectivity index (χ0) is 46.4. The molecule has 2 atom stereocenters. The smallest absolute Gasteiger partial charge is 0.308 e. The summed E-state index contributed by atoms with van der Waals surface area (Å²) in [7, 11) is 0. The van der Waals surface area contributed by atoms with E-state index in [1.165, 1.54) is 206 Å². The number of carbonyl (C=O) groups is 2. The van der Waals surface area contributed by atoms with Gasteiger partial charge in [-0.3, -0.25) is 9.59 Å². The molecule has 2 unspecified atom stereocenters. The largest absolute Gasteiger partial charge is 0.465 e. The molecular formula is C57H112N2O5. The second kappa shape index (κ2) is 46.9. The molecule has 1 heterocycles. The molecule has 0 radical (unpaired) electrons. The maximum atomic E-state index is 13.0. The molecule has 0 aromatic heterocycles. The van der Waals surface area contributed by atoms with Gasteiger partial charge in [0.05, 0.1) is 31.7 Å². The summed E-state index contributed by atoms with van der Waals surface area (Å²) in [5.74, 6) is 0.377. The van der Waals surface area contributed by atoms with Crippen molar-refractivity contribution in [3.63, 3.8) is 0 Å². The highest BCUT2D eigenvalue weighted by molar-refractivity contribution is 5.72. The predicted octanol–water partition coefficient (Wildman–Crippen LogP) is 16.0. The van der Waals surface area contributed by atoms with Crippen LogP contribution in [0.4, 0.5) is 0 Å². The summed E-state index contributed by atoms with van der Waals surface area (Å²) in [6.45, 7) is 16.0. The van der Waals surface area contributed by atoms with E-state index < -0.39 is 0 Å². The first-order valence-corrected chi connectivity index (χ1v) is 28.9. The Hall–Kier alpha value is -1.18. The van der Waals surface area contributed by atoms with Crippen molar-refractivity contribution in [2.45, 2.75) is 291 Å². The lowest BCUT2D eigenvalue weighted by Crippen LogP contribution is -2.46. The molecule has 7 heteroatoms. The number of likely N-dealkylation sites (tertiary alicyclic amines) is 1. The van der Waals surface area contributed by atoms with Gasteiger partial charge in [0.1, 0.15) is 0 Å². The molecule has 0 aromatic rings. The van der Waals surface area contributed by atoms with Crippen LogP contribution in [0.3, 0.4) is 0 Å². The zero-order valence-electron chi connectivity index (χ0n) is 43.6. The maximum absolute atomic E-state index is 13.0. The summed E-state index contributed by atoms with van der Waals surface area (Å²) < 4.78 is 11.7. The lowest BCUT2D eigenvalue weighted by molar-refractivity contribution is -0.150. The molecule has 1 fully saturated rings. The van der Waals surface area contributed by atoms with E-state index in [1.807, 2.05) is 0 Å². The van der Waals surface area contributed by atoms with Gasteiger partial charge in [-0.1, -0.05) is 220 Å². The number of β-amino-alcohol motifs (C(OH)–C–C–N with tert-alkyl or cyclic N) is 1. The molecule has 1 rings (SSSR count). The van der Waals surface area contributed by atoms with Gasteiger partial charge in [-0.05, 0) is 90.4 Å². The van der Waals surface area contributed by atoms with Crippen LogP contribution in [0.1, 0.15) is 285 Å². The van der Waals surface area contributed by atoms with E-state index in [4.69, 9.17) is 9.47 Å². The highest BCUT2D eigenvalue weighted by atomic mass is 16.5. The number of nitrogens with zero attached hydrogens (tertiary/aromatic N) is 2. The minimum atomic E-state index is 0.0788. The molecular weight excluding hydrogens is 793 g/mol. The topological polar surface area (TPSA) is 79.3 Å². The van der Waals surface area contributed by atoms with Gasteiger partial charge in [-0.2, -0.15) is 0 Å². The van der Waals surface area contributed by atoms with Crippen molar-refractivity contribution in [2.75, 3.05) is 52.5 Å². The van der Waals surface area contributed by atoms with Gasteiger partial charge in [-0.25, -0.2) is 0 Å². The first-order chi connectivity index (χ1) is 31.5. The Morgan fingerprint density at radius 1 is 0.453 bits per heavy atom. The van der Waals surface area contributed by atoms with E-state index in [0.717, 1.165) is 83.8 Å². The standard InChI is InChI=1S/C57H112N2O5/c1-5-9-13-17-25-33-41-53(39-31-15-11-7-3)56(61)63-51-37-29-23-19-21-27-35-45-59(55-43-47-58(48-44-55)49-50-60)46-36-28-22-20-24-30-38-52-64-57(62)54(40-32-16-12-8-4)42-34-26-18-14-10-6-2/h53-55,60H,5-52H2,1-4H3. The number of hydrogen-bond donors (Lipinski definition) is 1. The molecule has 64 heavy (non-hydrogen) atoms.